The number of amides is 2. The Balaban J connectivity index is 2.43. The van der Waals surface area contributed by atoms with E-state index in [0.29, 0.717) is 4.88 Å². The first-order valence-electron chi connectivity index (χ1n) is 5.57. The molecule has 0 saturated carbocycles. The van der Waals surface area contributed by atoms with Gasteiger partial charge in [0.25, 0.3) is 5.91 Å². The molecule has 0 aromatic carbocycles. The molecule has 100 valence electrons. The van der Waals surface area contributed by atoms with Crippen LogP contribution >= 0.6 is 11.3 Å². The van der Waals surface area contributed by atoms with Gasteiger partial charge in [0.2, 0.25) is 5.91 Å². The summed E-state index contributed by atoms with van der Waals surface area (Å²) in [6.45, 7) is 3.35. The number of likely N-dealkylation sites (N-methyl/N-ethyl adjacent to an activating group) is 1. The molecule has 0 saturated heterocycles. The molecule has 0 fully saturated rings. The van der Waals surface area contributed by atoms with Gasteiger partial charge in [-0.25, -0.2) is 0 Å². The summed E-state index contributed by atoms with van der Waals surface area (Å²) < 4.78 is 0. The predicted molar refractivity (Wildman–Crippen MR) is 70.6 cm³/mol. The Morgan fingerprint density at radius 1 is 1.50 bits per heavy atom. The van der Waals surface area contributed by atoms with Crippen LogP contribution in [0.25, 0.3) is 0 Å². The van der Waals surface area contributed by atoms with Crippen LogP contribution in [0.4, 0.5) is 0 Å². The highest BCUT2D eigenvalue weighted by atomic mass is 32.1. The van der Waals surface area contributed by atoms with Crippen molar-refractivity contribution < 1.29 is 14.7 Å². The average Bonchev–Trinajstić information content (AvgIpc) is 2.77. The Morgan fingerprint density at radius 3 is 2.67 bits per heavy atom. The molecular formula is C12H18N2O3S. The van der Waals surface area contributed by atoms with Crippen LogP contribution in [-0.4, -0.2) is 47.6 Å². The molecule has 0 unspecified atom stereocenters. The van der Waals surface area contributed by atoms with Crippen LogP contribution in [0.3, 0.4) is 0 Å². The Kier molecular flexibility index (Phi) is 4.86. The third kappa shape index (κ3) is 4.85. The van der Waals surface area contributed by atoms with Gasteiger partial charge in [-0.2, -0.15) is 0 Å². The second-order valence-electron chi connectivity index (χ2n) is 4.73. The van der Waals surface area contributed by atoms with Crippen molar-refractivity contribution >= 4 is 23.2 Å². The minimum atomic E-state index is -0.952. The average molecular weight is 270 g/mol. The number of nitrogens with zero attached hydrogens (tertiary/aromatic N) is 1. The van der Waals surface area contributed by atoms with E-state index in [1.807, 2.05) is 5.38 Å². The zero-order chi connectivity index (χ0) is 13.8. The summed E-state index contributed by atoms with van der Waals surface area (Å²) in [7, 11) is 1.58. The quantitative estimate of drug-likeness (QED) is 0.828. The van der Waals surface area contributed by atoms with Gasteiger partial charge in [0.15, 0.2) is 0 Å². The van der Waals surface area contributed by atoms with E-state index in [2.05, 4.69) is 5.32 Å². The maximum Gasteiger partial charge on any atom is 0.264 e. The highest BCUT2D eigenvalue weighted by Gasteiger charge is 2.18. The predicted octanol–water partition coefficient (Wildman–Crippen LogP) is 0.707. The molecule has 2 N–H and O–H groups in total. The van der Waals surface area contributed by atoms with E-state index >= 15 is 0 Å². The molecular weight excluding hydrogens is 252 g/mol. The van der Waals surface area contributed by atoms with E-state index < -0.39 is 5.60 Å². The number of rotatable bonds is 5. The molecule has 1 aromatic heterocycles. The van der Waals surface area contributed by atoms with E-state index in [9.17, 15) is 14.7 Å². The Bertz CT molecular complexity index is 409. The molecule has 0 aliphatic rings. The Hall–Kier alpha value is -1.40. The smallest absolute Gasteiger partial charge is 0.264 e. The fourth-order valence-electron chi connectivity index (χ4n) is 1.25. The molecule has 0 aliphatic carbocycles. The number of nitrogens with one attached hydrogen (secondary N) is 1. The van der Waals surface area contributed by atoms with Crippen molar-refractivity contribution in [3.05, 3.63) is 22.4 Å². The second-order valence-corrected chi connectivity index (χ2v) is 5.68. The minimum Gasteiger partial charge on any atom is -0.389 e. The van der Waals surface area contributed by atoms with Crippen LogP contribution in [0.2, 0.25) is 0 Å². The minimum absolute atomic E-state index is 0.0210. The lowest BCUT2D eigenvalue weighted by atomic mass is 10.1. The van der Waals surface area contributed by atoms with E-state index in [4.69, 9.17) is 0 Å². The number of thiophene rings is 1. The van der Waals surface area contributed by atoms with Crippen LogP contribution in [0.1, 0.15) is 23.5 Å². The van der Waals surface area contributed by atoms with Gasteiger partial charge >= 0.3 is 0 Å². The van der Waals surface area contributed by atoms with Gasteiger partial charge in [-0.3, -0.25) is 9.59 Å². The van der Waals surface area contributed by atoms with Gasteiger partial charge in [0.1, 0.15) is 0 Å². The summed E-state index contributed by atoms with van der Waals surface area (Å²) in [4.78, 5) is 25.4. The lowest BCUT2D eigenvalue weighted by Gasteiger charge is -2.20. The number of carbonyl (C=O) groups is 2. The monoisotopic (exact) mass is 270 g/mol. The van der Waals surface area contributed by atoms with E-state index in [-0.39, 0.29) is 24.9 Å². The van der Waals surface area contributed by atoms with Crippen molar-refractivity contribution in [3.63, 3.8) is 0 Å². The van der Waals surface area contributed by atoms with Gasteiger partial charge in [-0.05, 0) is 25.3 Å². The summed E-state index contributed by atoms with van der Waals surface area (Å²) in [5.74, 6) is -0.465. The molecule has 1 heterocycles. The third-order valence-electron chi connectivity index (χ3n) is 2.18. The van der Waals surface area contributed by atoms with Gasteiger partial charge in [-0.1, -0.05) is 6.07 Å². The summed E-state index contributed by atoms with van der Waals surface area (Å²) in [6.07, 6.45) is 0. The fraction of sp³-hybridized carbons (Fsp3) is 0.500. The van der Waals surface area contributed by atoms with Crippen molar-refractivity contribution in [3.8, 4) is 0 Å². The Labute approximate surface area is 110 Å². The van der Waals surface area contributed by atoms with Crippen LogP contribution < -0.4 is 5.32 Å². The molecule has 18 heavy (non-hydrogen) atoms. The lowest BCUT2D eigenvalue weighted by Crippen LogP contribution is -2.43. The molecule has 6 heteroatoms. The van der Waals surface area contributed by atoms with E-state index in [1.165, 1.54) is 16.2 Å². The van der Waals surface area contributed by atoms with Gasteiger partial charge in [0.05, 0.1) is 17.0 Å². The lowest BCUT2D eigenvalue weighted by molar-refractivity contribution is -0.122. The highest BCUT2D eigenvalue weighted by Crippen LogP contribution is 2.10. The first kappa shape index (κ1) is 14.7. The number of hydrogen-bond acceptors (Lipinski definition) is 4. The topological polar surface area (TPSA) is 69.6 Å². The van der Waals surface area contributed by atoms with Crippen molar-refractivity contribution in [1.82, 2.24) is 10.2 Å². The van der Waals surface area contributed by atoms with Crippen molar-refractivity contribution in [1.29, 1.82) is 0 Å². The normalized spacial score (nSPS) is 11.1. The van der Waals surface area contributed by atoms with Crippen molar-refractivity contribution in [2.45, 2.75) is 19.4 Å². The number of hydrogen-bond donors (Lipinski definition) is 2. The summed E-state index contributed by atoms with van der Waals surface area (Å²) >= 11 is 1.34. The van der Waals surface area contributed by atoms with Crippen LogP contribution in [-0.2, 0) is 4.79 Å². The van der Waals surface area contributed by atoms with E-state index in [0.717, 1.165) is 0 Å². The van der Waals surface area contributed by atoms with Crippen LogP contribution in [0.15, 0.2) is 17.5 Å². The zero-order valence-corrected chi connectivity index (χ0v) is 11.6. The summed E-state index contributed by atoms with van der Waals surface area (Å²) in [5, 5.41) is 13.9. The molecule has 0 bridgehead atoms. The maximum atomic E-state index is 11.8. The van der Waals surface area contributed by atoms with Crippen molar-refractivity contribution in [2.75, 3.05) is 20.1 Å². The molecule has 1 rings (SSSR count). The SMILES string of the molecule is CN(CC(=O)NCC(C)(C)O)C(=O)c1cccs1. The molecule has 0 spiro atoms. The van der Waals surface area contributed by atoms with Gasteiger partial charge in [0, 0.05) is 13.6 Å². The Morgan fingerprint density at radius 2 is 2.17 bits per heavy atom. The summed E-state index contributed by atoms with van der Waals surface area (Å²) in [6, 6.07) is 3.51. The molecule has 0 radical (unpaired) electrons. The fourth-order valence-corrected chi connectivity index (χ4v) is 1.96. The second kappa shape index (κ2) is 5.97. The summed E-state index contributed by atoms with van der Waals surface area (Å²) in [5.41, 5.74) is -0.952. The molecule has 5 nitrogen and oxygen atoms in total. The maximum absolute atomic E-state index is 11.8. The standard InChI is InChI=1S/C12H18N2O3S/c1-12(2,17)8-13-10(15)7-14(3)11(16)9-5-4-6-18-9/h4-6,17H,7-8H2,1-3H3,(H,13,15). The van der Waals surface area contributed by atoms with Crippen LogP contribution in [0, 0.1) is 0 Å². The molecule has 0 aliphatic heterocycles. The molecule has 1 aromatic rings. The molecule has 0 atom stereocenters. The third-order valence-corrected chi connectivity index (χ3v) is 3.04. The number of carbonyl (C=O) groups excluding carboxylic acids is 2. The van der Waals surface area contributed by atoms with Crippen molar-refractivity contribution in [2.24, 2.45) is 0 Å². The van der Waals surface area contributed by atoms with E-state index in [1.54, 1.807) is 33.0 Å². The number of aliphatic hydroxyl groups is 1. The first-order valence-corrected chi connectivity index (χ1v) is 6.45. The largest absolute Gasteiger partial charge is 0.389 e. The van der Waals surface area contributed by atoms with Gasteiger partial charge in [-0.15, -0.1) is 11.3 Å². The van der Waals surface area contributed by atoms with Crippen LogP contribution in [0.5, 0.6) is 0 Å². The van der Waals surface area contributed by atoms with Gasteiger partial charge < -0.3 is 15.3 Å². The zero-order valence-electron chi connectivity index (χ0n) is 10.8. The highest BCUT2D eigenvalue weighted by molar-refractivity contribution is 7.12. The molecule has 2 amide bonds. The first-order chi connectivity index (χ1) is 8.29.